The van der Waals surface area contributed by atoms with Gasteiger partial charge < -0.3 is 19.5 Å². The molecule has 3 rings (SSSR count). The van der Waals surface area contributed by atoms with Crippen LogP contribution in [0.3, 0.4) is 0 Å². The van der Waals surface area contributed by atoms with E-state index in [-0.39, 0.29) is 23.7 Å². The average Bonchev–Trinajstić information content (AvgIpc) is 3.29. The number of nitrogens with one attached hydrogen (secondary N) is 1. The van der Waals surface area contributed by atoms with Crippen molar-refractivity contribution in [2.24, 2.45) is 0 Å². The first kappa shape index (κ1) is 21.2. The lowest BCUT2D eigenvalue weighted by molar-refractivity contribution is 0.00785. The van der Waals surface area contributed by atoms with E-state index in [1.165, 1.54) is 0 Å². The summed E-state index contributed by atoms with van der Waals surface area (Å²) in [5.41, 5.74) is 0.459. The lowest BCUT2D eigenvalue weighted by Crippen LogP contribution is -2.50. The van der Waals surface area contributed by atoms with Crippen molar-refractivity contribution >= 4 is 17.9 Å². The number of aromatic hydroxyl groups is 1. The molecule has 2 aliphatic rings. The maximum Gasteiger partial charge on any atom is 0.412 e. The van der Waals surface area contributed by atoms with Gasteiger partial charge >= 0.3 is 12.2 Å². The highest BCUT2D eigenvalue weighted by Gasteiger charge is 2.37. The zero-order valence-electron chi connectivity index (χ0n) is 18.0. The highest BCUT2D eigenvalue weighted by atomic mass is 16.6. The van der Waals surface area contributed by atoms with Gasteiger partial charge in [-0.05, 0) is 60.5 Å². The molecule has 2 heterocycles. The highest BCUT2D eigenvalue weighted by molar-refractivity contribution is 5.87. The second-order valence-electron chi connectivity index (χ2n) is 9.81. The summed E-state index contributed by atoms with van der Waals surface area (Å²) in [5, 5.41) is 13.2. The molecule has 0 bridgehead atoms. The number of likely N-dealkylation sites (tertiary alicyclic amines) is 1. The lowest BCUT2D eigenvalue weighted by atomic mass is 9.95. The van der Waals surface area contributed by atoms with Crippen LogP contribution in [0.4, 0.5) is 15.3 Å². The quantitative estimate of drug-likeness (QED) is 0.775. The van der Waals surface area contributed by atoms with Crippen molar-refractivity contribution < 1.29 is 24.2 Å². The van der Waals surface area contributed by atoms with Crippen molar-refractivity contribution in [1.29, 1.82) is 0 Å². The number of hydrogen-bond donors (Lipinski definition) is 2. The number of nitrogens with zero attached hydrogens (tertiary/aromatic N) is 2. The summed E-state index contributed by atoms with van der Waals surface area (Å²) in [4.78, 5) is 30.6. The minimum absolute atomic E-state index is 0.00886. The third-order valence-electron chi connectivity index (χ3n) is 4.59. The normalized spacial score (nSPS) is 17.5. The van der Waals surface area contributed by atoms with Crippen LogP contribution in [-0.2, 0) is 9.47 Å². The highest BCUT2D eigenvalue weighted by Crippen LogP contribution is 2.46. The number of aromatic nitrogens is 1. The van der Waals surface area contributed by atoms with E-state index in [0.29, 0.717) is 24.5 Å². The summed E-state index contributed by atoms with van der Waals surface area (Å²) >= 11 is 0. The zero-order valence-corrected chi connectivity index (χ0v) is 18.0. The molecular weight excluding hydrogens is 374 g/mol. The van der Waals surface area contributed by atoms with Gasteiger partial charge in [0.1, 0.15) is 11.2 Å². The van der Waals surface area contributed by atoms with Crippen LogP contribution in [0.5, 0.6) is 5.75 Å². The molecule has 2 N–H and O–H groups in total. The minimum atomic E-state index is -0.642. The van der Waals surface area contributed by atoms with E-state index in [0.717, 1.165) is 18.5 Å². The monoisotopic (exact) mass is 405 g/mol. The number of pyridine rings is 1. The van der Waals surface area contributed by atoms with Gasteiger partial charge in [0.05, 0.1) is 11.4 Å². The smallest absolute Gasteiger partial charge is 0.412 e. The van der Waals surface area contributed by atoms with Crippen molar-refractivity contribution in [1.82, 2.24) is 9.88 Å². The second-order valence-corrected chi connectivity index (χ2v) is 9.81. The van der Waals surface area contributed by atoms with Crippen molar-refractivity contribution in [2.45, 2.75) is 77.4 Å². The molecule has 1 aliphatic carbocycles. The second kappa shape index (κ2) is 7.39. The largest absolute Gasteiger partial charge is 0.504 e. The first-order valence-electron chi connectivity index (χ1n) is 10.0. The molecule has 1 saturated carbocycles. The van der Waals surface area contributed by atoms with Gasteiger partial charge in [-0.3, -0.25) is 10.3 Å². The lowest BCUT2D eigenvalue weighted by Gasteiger charge is -2.39. The predicted octanol–water partition coefficient (Wildman–Crippen LogP) is 4.35. The van der Waals surface area contributed by atoms with E-state index < -0.39 is 17.3 Å². The summed E-state index contributed by atoms with van der Waals surface area (Å²) in [6.07, 6.45) is 0.951. The predicted molar refractivity (Wildman–Crippen MR) is 108 cm³/mol. The Kier molecular flexibility index (Phi) is 5.40. The van der Waals surface area contributed by atoms with Crippen molar-refractivity contribution in [2.75, 3.05) is 18.4 Å². The van der Waals surface area contributed by atoms with Crippen LogP contribution >= 0.6 is 0 Å². The molecule has 160 valence electrons. The molecule has 0 unspecified atom stereocenters. The molecule has 0 aromatic carbocycles. The summed E-state index contributed by atoms with van der Waals surface area (Å²) in [7, 11) is 0. The Labute approximate surface area is 171 Å². The van der Waals surface area contributed by atoms with Crippen LogP contribution in [0.15, 0.2) is 6.07 Å². The van der Waals surface area contributed by atoms with E-state index >= 15 is 0 Å². The molecule has 8 nitrogen and oxygen atoms in total. The Bertz CT molecular complexity index is 800. The molecule has 2 fully saturated rings. The zero-order chi connectivity index (χ0) is 21.6. The van der Waals surface area contributed by atoms with Crippen molar-refractivity contribution in [3.05, 3.63) is 17.5 Å². The summed E-state index contributed by atoms with van der Waals surface area (Å²) < 4.78 is 10.7. The van der Waals surface area contributed by atoms with Crippen LogP contribution in [0.1, 0.15) is 77.6 Å². The fourth-order valence-electron chi connectivity index (χ4n) is 3.08. The molecule has 1 aromatic rings. The molecule has 0 radical (unpaired) electrons. The molecule has 29 heavy (non-hydrogen) atoms. The van der Waals surface area contributed by atoms with Gasteiger partial charge in [-0.1, -0.05) is 0 Å². The van der Waals surface area contributed by atoms with Crippen LogP contribution in [-0.4, -0.2) is 51.5 Å². The minimum Gasteiger partial charge on any atom is -0.504 e. The number of anilines is 1. The molecule has 1 aliphatic heterocycles. The van der Waals surface area contributed by atoms with Crippen LogP contribution < -0.4 is 5.32 Å². The fourth-order valence-corrected chi connectivity index (χ4v) is 3.08. The average molecular weight is 405 g/mol. The van der Waals surface area contributed by atoms with Gasteiger partial charge in [0.15, 0.2) is 5.75 Å². The number of ether oxygens (including phenoxy) is 2. The standard InChI is InChI=1S/C21H31N3O5/c1-20(2,3)28-18(26)23-15-9-14(22-16(17(15)25)12-7-8-12)13-10-24(11-13)19(27)29-21(4,5)6/h9,12-13,25H,7-8,10-11H2,1-6H3,(H,22,23,26). The Balaban J connectivity index is 1.74. The van der Waals surface area contributed by atoms with Gasteiger partial charge in [0.25, 0.3) is 0 Å². The SMILES string of the molecule is CC(C)(C)OC(=O)Nc1cc(C2CN(C(=O)OC(C)(C)C)C2)nc(C2CC2)c1O. The summed E-state index contributed by atoms with van der Waals surface area (Å²) in [5.74, 6) is 0.224. The molecule has 2 amide bonds. The number of carbonyl (C=O) groups excluding carboxylic acids is 2. The van der Waals surface area contributed by atoms with Gasteiger partial charge in [-0.15, -0.1) is 0 Å². The third kappa shape index (κ3) is 5.52. The molecule has 0 atom stereocenters. The van der Waals surface area contributed by atoms with Crippen molar-refractivity contribution in [3.8, 4) is 5.75 Å². The summed E-state index contributed by atoms with van der Waals surface area (Å²) in [6.45, 7) is 11.8. The van der Waals surface area contributed by atoms with E-state index in [4.69, 9.17) is 9.47 Å². The van der Waals surface area contributed by atoms with E-state index in [1.54, 1.807) is 31.7 Å². The Morgan fingerprint density at radius 3 is 2.17 bits per heavy atom. The third-order valence-corrected chi connectivity index (χ3v) is 4.59. The molecule has 0 spiro atoms. The maximum atomic E-state index is 12.2. The van der Waals surface area contributed by atoms with Gasteiger partial charge in [0, 0.05) is 30.6 Å². The Morgan fingerprint density at radius 2 is 1.66 bits per heavy atom. The summed E-state index contributed by atoms with van der Waals surface area (Å²) in [6, 6.07) is 1.67. The van der Waals surface area contributed by atoms with E-state index in [9.17, 15) is 14.7 Å². The number of carbonyl (C=O) groups is 2. The van der Waals surface area contributed by atoms with Crippen molar-refractivity contribution in [3.63, 3.8) is 0 Å². The molecule has 1 aromatic heterocycles. The van der Waals surface area contributed by atoms with Crippen LogP contribution in [0.25, 0.3) is 0 Å². The van der Waals surface area contributed by atoms with E-state index in [1.807, 2.05) is 20.8 Å². The van der Waals surface area contributed by atoms with Gasteiger partial charge in [0.2, 0.25) is 0 Å². The van der Waals surface area contributed by atoms with E-state index in [2.05, 4.69) is 10.3 Å². The Morgan fingerprint density at radius 1 is 1.07 bits per heavy atom. The number of hydrogen-bond acceptors (Lipinski definition) is 6. The van der Waals surface area contributed by atoms with Crippen LogP contribution in [0.2, 0.25) is 0 Å². The maximum absolute atomic E-state index is 12.2. The van der Waals surface area contributed by atoms with Gasteiger partial charge in [-0.2, -0.15) is 0 Å². The molecular formula is C21H31N3O5. The fraction of sp³-hybridized carbons (Fsp3) is 0.667. The first-order chi connectivity index (χ1) is 13.3. The molecule has 8 heteroatoms. The number of rotatable bonds is 3. The topological polar surface area (TPSA) is 101 Å². The molecule has 1 saturated heterocycles. The number of amides is 2. The van der Waals surface area contributed by atoms with Crippen LogP contribution in [0, 0.1) is 0 Å². The first-order valence-corrected chi connectivity index (χ1v) is 10.0. The van der Waals surface area contributed by atoms with Gasteiger partial charge in [-0.25, -0.2) is 9.59 Å². The Hall–Kier alpha value is -2.51.